The van der Waals surface area contributed by atoms with Gasteiger partial charge in [-0.15, -0.1) is 0 Å². The van der Waals surface area contributed by atoms with E-state index in [-0.39, 0.29) is 0 Å². The quantitative estimate of drug-likeness (QED) is 0.778. The minimum absolute atomic E-state index is 0.749. The molecular formula is C15H24N2O. The summed E-state index contributed by atoms with van der Waals surface area (Å²) in [6, 6.07) is 8.79. The van der Waals surface area contributed by atoms with Gasteiger partial charge < -0.3 is 15.0 Å². The predicted octanol–water partition coefficient (Wildman–Crippen LogP) is 1.92. The maximum absolute atomic E-state index is 5.03. The average Bonchev–Trinajstić information content (AvgIpc) is 2.38. The van der Waals surface area contributed by atoms with E-state index in [1.807, 2.05) is 0 Å². The number of benzene rings is 1. The van der Waals surface area contributed by atoms with Gasteiger partial charge in [0, 0.05) is 39.0 Å². The maximum Gasteiger partial charge on any atom is 0.0587 e. The predicted molar refractivity (Wildman–Crippen MR) is 76.3 cm³/mol. The molecule has 1 atom stereocenters. The fraction of sp³-hybridized carbons (Fsp3) is 0.600. The fourth-order valence-corrected chi connectivity index (χ4v) is 2.63. The number of hydrogen-bond acceptors (Lipinski definition) is 3. The van der Waals surface area contributed by atoms with Gasteiger partial charge in [-0.05, 0) is 24.0 Å². The van der Waals surface area contributed by atoms with Gasteiger partial charge in [0.1, 0.15) is 0 Å². The summed E-state index contributed by atoms with van der Waals surface area (Å²) in [5.41, 5.74) is 2.91. The molecule has 0 bridgehead atoms. The second kappa shape index (κ2) is 6.76. The molecule has 0 amide bonds. The first-order chi connectivity index (χ1) is 8.81. The van der Waals surface area contributed by atoms with E-state index in [4.69, 9.17) is 4.74 Å². The molecule has 0 aromatic heterocycles. The number of nitrogens with zero attached hydrogens (tertiary/aromatic N) is 1. The lowest BCUT2D eigenvalue weighted by Crippen LogP contribution is -2.39. The second-order valence-electron chi connectivity index (χ2n) is 5.13. The lowest BCUT2D eigenvalue weighted by Gasteiger charge is -2.35. The zero-order valence-electron chi connectivity index (χ0n) is 11.5. The lowest BCUT2D eigenvalue weighted by molar-refractivity contribution is 0.199. The smallest absolute Gasteiger partial charge is 0.0587 e. The van der Waals surface area contributed by atoms with E-state index in [2.05, 4.69) is 41.4 Å². The molecule has 0 aliphatic carbocycles. The Labute approximate surface area is 110 Å². The van der Waals surface area contributed by atoms with Crippen LogP contribution >= 0.6 is 0 Å². The zero-order chi connectivity index (χ0) is 12.8. The number of methoxy groups -OCH3 is 1. The normalized spacial score (nSPS) is 18.8. The molecule has 18 heavy (non-hydrogen) atoms. The summed E-state index contributed by atoms with van der Waals surface area (Å²) in [4.78, 5) is 2.50. The molecule has 1 aromatic carbocycles. The highest BCUT2D eigenvalue weighted by molar-refractivity contribution is 5.55. The Bertz CT molecular complexity index is 367. The van der Waals surface area contributed by atoms with Crippen molar-refractivity contribution in [2.75, 3.05) is 44.8 Å². The van der Waals surface area contributed by atoms with Crippen LogP contribution in [0.15, 0.2) is 24.3 Å². The first kappa shape index (κ1) is 13.4. The SMILES string of the molecule is COCCNCCN1CC(C)Cc2ccccc21. The Balaban J connectivity index is 1.88. The number of ether oxygens (including phenoxy) is 1. The van der Waals surface area contributed by atoms with Crippen molar-refractivity contribution in [3.05, 3.63) is 29.8 Å². The standard InChI is InChI=1S/C15H24N2O/c1-13-11-14-5-3-4-6-15(14)17(12-13)9-7-16-8-10-18-2/h3-6,13,16H,7-12H2,1-2H3. The fourth-order valence-electron chi connectivity index (χ4n) is 2.63. The summed E-state index contributed by atoms with van der Waals surface area (Å²) in [5.74, 6) is 0.749. The molecule has 1 aliphatic rings. The Morgan fingerprint density at radius 3 is 3.00 bits per heavy atom. The molecule has 1 aliphatic heterocycles. The Kier molecular flexibility index (Phi) is 5.02. The highest BCUT2D eigenvalue weighted by Crippen LogP contribution is 2.28. The van der Waals surface area contributed by atoms with Gasteiger partial charge in [-0.1, -0.05) is 25.1 Å². The van der Waals surface area contributed by atoms with Crippen LogP contribution in [0.3, 0.4) is 0 Å². The minimum atomic E-state index is 0.749. The van der Waals surface area contributed by atoms with E-state index in [0.29, 0.717) is 0 Å². The van der Waals surface area contributed by atoms with Gasteiger partial charge in [0.25, 0.3) is 0 Å². The molecule has 1 unspecified atom stereocenters. The molecule has 0 spiro atoms. The molecule has 0 saturated heterocycles. The molecular weight excluding hydrogens is 224 g/mol. The largest absolute Gasteiger partial charge is 0.383 e. The number of rotatable bonds is 6. The van der Waals surface area contributed by atoms with Gasteiger partial charge in [-0.25, -0.2) is 0 Å². The van der Waals surface area contributed by atoms with E-state index >= 15 is 0 Å². The Hall–Kier alpha value is -1.06. The average molecular weight is 248 g/mol. The van der Waals surface area contributed by atoms with Gasteiger partial charge in [0.2, 0.25) is 0 Å². The molecule has 0 saturated carbocycles. The third-order valence-corrected chi connectivity index (χ3v) is 3.47. The van der Waals surface area contributed by atoms with E-state index in [1.54, 1.807) is 7.11 Å². The first-order valence-electron chi connectivity index (χ1n) is 6.83. The minimum Gasteiger partial charge on any atom is -0.383 e. The topological polar surface area (TPSA) is 24.5 Å². The molecule has 0 fully saturated rings. The number of nitrogens with one attached hydrogen (secondary N) is 1. The third kappa shape index (κ3) is 3.47. The van der Waals surface area contributed by atoms with Crippen molar-refractivity contribution in [2.45, 2.75) is 13.3 Å². The van der Waals surface area contributed by atoms with Gasteiger partial charge in [0.05, 0.1) is 6.61 Å². The molecule has 1 heterocycles. The molecule has 1 aromatic rings. The Morgan fingerprint density at radius 2 is 2.17 bits per heavy atom. The van der Waals surface area contributed by atoms with E-state index in [0.717, 1.165) is 32.2 Å². The maximum atomic E-state index is 5.03. The molecule has 2 rings (SSSR count). The van der Waals surface area contributed by atoms with E-state index in [1.165, 1.54) is 24.2 Å². The van der Waals surface area contributed by atoms with Crippen molar-refractivity contribution in [2.24, 2.45) is 5.92 Å². The van der Waals surface area contributed by atoms with Gasteiger partial charge >= 0.3 is 0 Å². The summed E-state index contributed by atoms with van der Waals surface area (Å²) in [6.07, 6.45) is 1.21. The number of para-hydroxylation sites is 1. The number of fused-ring (bicyclic) bond motifs is 1. The van der Waals surface area contributed by atoms with Crippen LogP contribution in [0.4, 0.5) is 5.69 Å². The molecule has 1 N–H and O–H groups in total. The summed E-state index contributed by atoms with van der Waals surface area (Å²) >= 11 is 0. The second-order valence-corrected chi connectivity index (χ2v) is 5.13. The monoisotopic (exact) mass is 248 g/mol. The van der Waals surface area contributed by atoms with Crippen molar-refractivity contribution in [3.63, 3.8) is 0 Å². The van der Waals surface area contributed by atoms with Crippen LogP contribution in [0.5, 0.6) is 0 Å². The Morgan fingerprint density at radius 1 is 1.33 bits per heavy atom. The van der Waals surface area contributed by atoms with Crippen molar-refractivity contribution in [3.8, 4) is 0 Å². The van der Waals surface area contributed by atoms with Crippen LogP contribution in [0.1, 0.15) is 12.5 Å². The summed E-state index contributed by atoms with van der Waals surface area (Å²) < 4.78 is 5.03. The van der Waals surface area contributed by atoms with Gasteiger partial charge in [-0.2, -0.15) is 0 Å². The van der Waals surface area contributed by atoms with Crippen molar-refractivity contribution >= 4 is 5.69 Å². The number of hydrogen-bond donors (Lipinski definition) is 1. The van der Waals surface area contributed by atoms with Crippen LogP contribution in [-0.2, 0) is 11.2 Å². The summed E-state index contributed by atoms with van der Waals surface area (Å²) in [5, 5.41) is 3.41. The van der Waals surface area contributed by atoms with Crippen LogP contribution in [-0.4, -0.2) is 39.9 Å². The van der Waals surface area contributed by atoms with Crippen LogP contribution in [0.25, 0.3) is 0 Å². The summed E-state index contributed by atoms with van der Waals surface area (Å²) in [6.45, 7) is 7.31. The van der Waals surface area contributed by atoms with Gasteiger partial charge in [0.15, 0.2) is 0 Å². The number of anilines is 1. The first-order valence-corrected chi connectivity index (χ1v) is 6.83. The zero-order valence-corrected chi connectivity index (χ0v) is 11.5. The van der Waals surface area contributed by atoms with Crippen molar-refractivity contribution in [1.82, 2.24) is 5.32 Å². The summed E-state index contributed by atoms with van der Waals surface area (Å²) in [7, 11) is 1.74. The molecule has 3 heteroatoms. The van der Waals surface area contributed by atoms with Gasteiger partial charge in [-0.3, -0.25) is 0 Å². The van der Waals surface area contributed by atoms with Crippen LogP contribution in [0.2, 0.25) is 0 Å². The highest BCUT2D eigenvalue weighted by Gasteiger charge is 2.20. The lowest BCUT2D eigenvalue weighted by atomic mass is 9.94. The molecule has 3 nitrogen and oxygen atoms in total. The van der Waals surface area contributed by atoms with Crippen LogP contribution in [0, 0.1) is 5.92 Å². The highest BCUT2D eigenvalue weighted by atomic mass is 16.5. The van der Waals surface area contributed by atoms with Crippen LogP contribution < -0.4 is 10.2 Å². The van der Waals surface area contributed by atoms with E-state index in [9.17, 15) is 0 Å². The molecule has 0 radical (unpaired) electrons. The third-order valence-electron chi connectivity index (χ3n) is 3.47. The van der Waals surface area contributed by atoms with Crippen molar-refractivity contribution < 1.29 is 4.74 Å². The van der Waals surface area contributed by atoms with E-state index < -0.39 is 0 Å². The molecule has 100 valence electrons. The van der Waals surface area contributed by atoms with Crippen molar-refractivity contribution in [1.29, 1.82) is 0 Å².